The van der Waals surface area contributed by atoms with Crippen LogP contribution in [0.25, 0.3) is 0 Å². The van der Waals surface area contributed by atoms with Gasteiger partial charge in [0.05, 0.1) is 13.2 Å². The molecular formula is C15H22N2O3. The zero-order chi connectivity index (χ0) is 14.4. The highest BCUT2D eigenvalue weighted by Crippen LogP contribution is 2.17. The number of ether oxygens (including phenoxy) is 2. The molecule has 0 spiro atoms. The van der Waals surface area contributed by atoms with Crippen molar-refractivity contribution in [3.8, 4) is 5.75 Å². The van der Waals surface area contributed by atoms with Crippen LogP contribution in [0.3, 0.4) is 0 Å². The molecule has 2 atom stereocenters. The number of carbonyl (C=O) groups excluding carboxylic acids is 1. The first kappa shape index (κ1) is 14.8. The lowest BCUT2D eigenvalue weighted by Crippen LogP contribution is -2.44. The van der Waals surface area contributed by atoms with Crippen molar-refractivity contribution >= 4 is 11.6 Å². The van der Waals surface area contributed by atoms with E-state index in [1.54, 1.807) is 13.2 Å². The third-order valence-electron chi connectivity index (χ3n) is 3.47. The van der Waals surface area contributed by atoms with Gasteiger partial charge in [-0.15, -0.1) is 0 Å². The lowest BCUT2D eigenvalue weighted by molar-refractivity contribution is -0.123. The predicted octanol–water partition coefficient (Wildman–Crippen LogP) is 1.79. The van der Waals surface area contributed by atoms with Gasteiger partial charge >= 0.3 is 0 Å². The smallest absolute Gasteiger partial charge is 0.250 e. The molecule has 1 aromatic carbocycles. The summed E-state index contributed by atoms with van der Waals surface area (Å²) in [7, 11) is 1.60. The van der Waals surface area contributed by atoms with Gasteiger partial charge in [0, 0.05) is 17.8 Å². The van der Waals surface area contributed by atoms with E-state index in [9.17, 15) is 4.79 Å². The van der Waals surface area contributed by atoms with Gasteiger partial charge in [-0.25, -0.2) is 0 Å². The summed E-state index contributed by atoms with van der Waals surface area (Å²) in [6.45, 7) is 3.19. The second-order valence-electron chi connectivity index (χ2n) is 5.01. The van der Waals surface area contributed by atoms with Crippen molar-refractivity contribution in [2.75, 3.05) is 25.6 Å². The van der Waals surface area contributed by atoms with Gasteiger partial charge in [0.25, 0.3) is 0 Å². The monoisotopic (exact) mass is 278 g/mol. The molecule has 1 aliphatic heterocycles. The SMILES string of the molecule is COc1cccc(NC(=O)COC2CCCNC2C)c1. The number of amides is 1. The summed E-state index contributed by atoms with van der Waals surface area (Å²) in [6.07, 6.45) is 2.20. The second kappa shape index (κ2) is 7.26. The molecule has 20 heavy (non-hydrogen) atoms. The molecule has 1 saturated heterocycles. The summed E-state index contributed by atoms with van der Waals surface area (Å²) >= 11 is 0. The van der Waals surface area contributed by atoms with Crippen LogP contribution in [-0.2, 0) is 9.53 Å². The van der Waals surface area contributed by atoms with Crippen LogP contribution in [-0.4, -0.2) is 38.3 Å². The van der Waals surface area contributed by atoms with E-state index in [0.717, 1.165) is 19.4 Å². The van der Waals surface area contributed by atoms with Gasteiger partial charge in [0.2, 0.25) is 5.91 Å². The molecule has 1 aliphatic rings. The first-order valence-corrected chi connectivity index (χ1v) is 6.98. The second-order valence-corrected chi connectivity index (χ2v) is 5.01. The van der Waals surface area contributed by atoms with E-state index in [1.165, 1.54) is 0 Å². The van der Waals surface area contributed by atoms with Gasteiger partial charge in [0.1, 0.15) is 12.4 Å². The maximum Gasteiger partial charge on any atom is 0.250 e. The highest BCUT2D eigenvalue weighted by Gasteiger charge is 2.22. The zero-order valence-corrected chi connectivity index (χ0v) is 12.0. The number of rotatable bonds is 5. The average Bonchev–Trinajstić information content (AvgIpc) is 2.46. The molecule has 0 bridgehead atoms. The van der Waals surface area contributed by atoms with E-state index in [1.807, 2.05) is 18.2 Å². The lowest BCUT2D eigenvalue weighted by atomic mass is 10.0. The number of methoxy groups -OCH3 is 1. The lowest BCUT2D eigenvalue weighted by Gasteiger charge is -2.29. The fourth-order valence-electron chi connectivity index (χ4n) is 2.32. The Bertz CT molecular complexity index is 450. The van der Waals surface area contributed by atoms with Crippen LogP contribution >= 0.6 is 0 Å². The Morgan fingerprint density at radius 3 is 3.10 bits per heavy atom. The standard InChI is InChI=1S/C15H22N2O3/c1-11-14(7-4-8-16-11)20-10-15(18)17-12-5-3-6-13(9-12)19-2/h3,5-6,9,11,14,16H,4,7-8,10H2,1-2H3,(H,17,18). The van der Waals surface area contributed by atoms with Gasteiger partial charge in [-0.2, -0.15) is 0 Å². The van der Waals surface area contributed by atoms with Crippen molar-refractivity contribution in [2.24, 2.45) is 0 Å². The van der Waals surface area contributed by atoms with Crippen LogP contribution in [0.4, 0.5) is 5.69 Å². The number of piperidine rings is 1. The molecule has 1 heterocycles. The van der Waals surface area contributed by atoms with Gasteiger partial charge in [-0.1, -0.05) is 6.07 Å². The van der Waals surface area contributed by atoms with Crippen molar-refractivity contribution in [3.63, 3.8) is 0 Å². The maximum atomic E-state index is 11.9. The van der Waals surface area contributed by atoms with E-state index in [4.69, 9.17) is 9.47 Å². The van der Waals surface area contributed by atoms with Crippen molar-refractivity contribution < 1.29 is 14.3 Å². The number of carbonyl (C=O) groups is 1. The summed E-state index contributed by atoms with van der Waals surface area (Å²) in [5.74, 6) is 0.574. The molecule has 1 amide bonds. The van der Waals surface area contributed by atoms with Crippen molar-refractivity contribution in [3.05, 3.63) is 24.3 Å². The van der Waals surface area contributed by atoms with Gasteiger partial charge in [-0.05, 0) is 38.4 Å². The van der Waals surface area contributed by atoms with Crippen molar-refractivity contribution in [2.45, 2.75) is 31.9 Å². The normalized spacial score (nSPS) is 22.3. The molecule has 0 saturated carbocycles. The first-order chi connectivity index (χ1) is 9.69. The van der Waals surface area contributed by atoms with Gasteiger partial charge < -0.3 is 20.1 Å². The molecule has 110 valence electrons. The molecular weight excluding hydrogens is 256 g/mol. The Morgan fingerprint density at radius 2 is 2.35 bits per heavy atom. The summed E-state index contributed by atoms with van der Waals surface area (Å²) in [5.41, 5.74) is 0.716. The highest BCUT2D eigenvalue weighted by atomic mass is 16.5. The van der Waals surface area contributed by atoms with Crippen molar-refractivity contribution in [1.29, 1.82) is 0 Å². The van der Waals surface area contributed by atoms with Crippen LogP contribution in [0.1, 0.15) is 19.8 Å². The quantitative estimate of drug-likeness (QED) is 0.862. The molecule has 0 radical (unpaired) electrons. The summed E-state index contributed by atoms with van der Waals surface area (Å²) in [4.78, 5) is 11.9. The zero-order valence-electron chi connectivity index (χ0n) is 12.0. The molecule has 1 fully saturated rings. The summed E-state index contributed by atoms with van der Waals surface area (Å²) in [6, 6.07) is 7.58. The molecule has 5 nitrogen and oxygen atoms in total. The van der Waals surface area contributed by atoms with E-state index >= 15 is 0 Å². The Balaban J connectivity index is 1.79. The number of nitrogens with one attached hydrogen (secondary N) is 2. The predicted molar refractivity (Wildman–Crippen MR) is 78.1 cm³/mol. The van der Waals surface area contributed by atoms with Crippen LogP contribution in [0, 0.1) is 0 Å². The van der Waals surface area contributed by atoms with Crippen LogP contribution in [0.5, 0.6) is 5.75 Å². The molecule has 1 aromatic rings. The highest BCUT2D eigenvalue weighted by molar-refractivity contribution is 5.91. The molecule has 0 aromatic heterocycles. The minimum atomic E-state index is -0.143. The van der Waals surface area contributed by atoms with E-state index < -0.39 is 0 Å². The average molecular weight is 278 g/mol. The Kier molecular flexibility index (Phi) is 5.38. The maximum absolute atomic E-state index is 11.9. The van der Waals surface area contributed by atoms with E-state index in [0.29, 0.717) is 17.5 Å². The van der Waals surface area contributed by atoms with Crippen LogP contribution in [0.15, 0.2) is 24.3 Å². The van der Waals surface area contributed by atoms with Crippen molar-refractivity contribution in [1.82, 2.24) is 5.32 Å². The molecule has 0 aliphatic carbocycles. The van der Waals surface area contributed by atoms with Gasteiger partial charge in [0.15, 0.2) is 0 Å². The summed E-state index contributed by atoms with van der Waals surface area (Å²) < 4.78 is 10.8. The fraction of sp³-hybridized carbons (Fsp3) is 0.533. The largest absolute Gasteiger partial charge is 0.497 e. The topological polar surface area (TPSA) is 59.6 Å². The van der Waals surface area contributed by atoms with E-state index in [2.05, 4.69) is 17.6 Å². The number of anilines is 1. The summed E-state index contributed by atoms with van der Waals surface area (Å²) in [5, 5.41) is 6.15. The Labute approximate surface area is 119 Å². The molecule has 2 rings (SSSR count). The number of benzene rings is 1. The number of hydrogen-bond acceptors (Lipinski definition) is 4. The Hall–Kier alpha value is -1.59. The minimum Gasteiger partial charge on any atom is -0.497 e. The van der Waals surface area contributed by atoms with Gasteiger partial charge in [-0.3, -0.25) is 4.79 Å². The van der Waals surface area contributed by atoms with Crippen LogP contribution in [0.2, 0.25) is 0 Å². The third kappa shape index (κ3) is 4.21. The van der Waals surface area contributed by atoms with Crippen LogP contribution < -0.4 is 15.4 Å². The Morgan fingerprint density at radius 1 is 1.50 bits per heavy atom. The minimum absolute atomic E-state index is 0.0773. The first-order valence-electron chi connectivity index (χ1n) is 6.98. The molecule has 2 N–H and O–H groups in total. The molecule has 2 unspecified atom stereocenters. The third-order valence-corrected chi connectivity index (χ3v) is 3.47. The number of hydrogen-bond donors (Lipinski definition) is 2. The van der Waals surface area contributed by atoms with E-state index in [-0.39, 0.29) is 18.6 Å². The fourth-order valence-corrected chi connectivity index (χ4v) is 2.32. The molecule has 5 heteroatoms.